The summed E-state index contributed by atoms with van der Waals surface area (Å²) in [6.07, 6.45) is 1.73. The molecular weight excluding hydrogens is 280 g/mol. The number of benzene rings is 1. The Morgan fingerprint density at radius 2 is 2.00 bits per heavy atom. The summed E-state index contributed by atoms with van der Waals surface area (Å²) < 4.78 is 6.77. The van der Waals surface area contributed by atoms with E-state index in [-0.39, 0.29) is 0 Å². The maximum Gasteiger partial charge on any atom is 0.223 e. The number of rotatable bonds is 4. The van der Waals surface area contributed by atoms with Gasteiger partial charge in [-0.1, -0.05) is 22.0 Å². The molecule has 0 aliphatic rings. The third-order valence-electron chi connectivity index (χ3n) is 2.25. The standard InChI is InChI=1S/C13H13BrN2O/c1-15-9-10-3-2-8-16-13(10)17-12-6-4-11(14)5-7-12/h2-8,15H,9H2,1H3. The molecule has 0 bridgehead atoms. The Balaban J connectivity index is 2.20. The Bertz CT molecular complexity index is 485. The topological polar surface area (TPSA) is 34.2 Å². The summed E-state index contributed by atoms with van der Waals surface area (Å²) in [5, 5.41) is 3.09. The first-order valence-electron chi connectivity index (χ1n) is 5.31. The van der Waals surface area contributed by atoms with Crippen molar-refractivity contribution in [2.24, 2.45) is 0 Å². The lowest BCUT2D eigenvalue weighted by Crippen LogP contribution is -2.07. The van der Waals surface area contributed by atoms with Crippen LogP contribution >= 0.6 is 15.9 Å². The molecule has 0 amide bonds. The highest BCUT2D eigenvalue weighted by atomic mass is 79.9. The average molecular weight is 293 g/mol. The molecule has 4 heteroatoms. The molecule has 0 spiro atoms. The van der Waals surface area contributed by atoms with Crippen LogP contribution in [-0.2, 0) is 6.54 Å². The van der Waals surface area contributed by atoms with Crippen LogP contribution in [0.3, 0.4) is 0 Å². The SMILES string of the molecule is CNCc1cccnc1Oc1ccc(Br)cc1. The summed E-state index contributed by atoms with van der Waals surface area (Å²) in [6, 6.07) is 11.6. The Morgan fingerprint density at radius 1 is 1.24 bits per heavy atom. The molecule has 0 atom stereocenters. The zero-order valence-electron chi connectivity index (χ0n) is 9.48. The van der Waals surface area contributed by atoms with Gasteiger partial charge in [0.1, 0.15) is 5.75 Å². The van der Waals surface area contributed by atoms with Crippen LogP contribution in [0, 0.1) is 0 Å². The van der Waals surface area contributed by atoms with Gasteiger partial charge >= 0.3 is 0 Å². The largest absolute Gasteiger partial charge is 0.439 e. The van der Waals surface area contributed by atoms with E-state index in [1.807, 2.05) is 43.4 Å². The van der Waals surface area contributed by atoms with E-state index in [0.717, 1.165) is 22.3 Å². The summed E-state index contributed by atoms with van der Waals surface area (Å²) >= 11 is 3.39. The smallest absolute Gasteiger partial charge is 0.223 e. The number of hydrogen-bond donors (Lipinski definition) is 1. The molecule has 0 saturated heterocycles. The zero-order chi connectivity index (χ0) is 12.1. The third kappa shape index (κ3) is 3.28. The van der Waals surface area contributed by atoms with Crippen molar-refractivity contribution in [1.29, 1.82) is 0 Å². The number of aromatic nitrogens is 1. The summed E-state index contributed by atoms with van der Waals surface area (Å²) in [5.74, 6) is 1.42. The van der Waals surface area contributed by atoms with Gasteiger partial charge < -0.3 is 10.1 Å². The van der Waals surface area contributed by atoms with Crippen LogP contribution in [0.2, 0.25) is 0 Å². The van der Waals surface area contributed by atoms with E-state index in [9.17, 15) is 0 Å². The molecule has 3 nitrogen and oxygen atoms in total. The minimum absolute atomic E-state index is 0.643. The van der Waals surface area contributed by atoms with E-state index in [4.69, 9.17) is 4.74 Å². The lowest BCUT2D eigenvalue weighted by molar-refractivity contribution is 0.454. The van der Waals surface area contributed by atoms with Crippen LogP contribution in [0.15, 0.2) is 47.1 Å². The molecule has 2 aromatic rings. The van der Waals surface area contributed by atoms with Gasteiger partial charge in [0.2, 0.25) is 5.88 Å². The van der Waals surface area contributed by atoms with Gasteiger partial charge in [-0.05, 0) is 37.4 Å². The van der Waals surface area contributed by atoms with E-state index >= 15 is 0 Å². The lowest BCUT2D eigenvalue weighted by Gasteiger charge is -2.09. The highest BCUT2D eigenvalue weighted by molar-refractivity contribution is 9.10. The molecule has 2 rings (SSSR count). The van der Waals surface area contributed by atoms with Crippen molar-refractivity contribution < 1.29 is 4.74 Å². The molecule has 0 radical (unpaired) electrons. The summed E-state index contributed by atoms with van der Waals surface area (Å²) in [6.45, 7) is 0.736. The number of hydrogen-bond acceptors (Lipinski definition) is 3. The highest BCUT2D eigenvalue weighted by Crippen LogP contribution is 2.24. The molecule has 0 saturated carbocycles. The van der Waals surface area contributed by atoms with E-state index in [2.05, 4.69) is 26.2 Å². The van der Waals surface area contributed by atoms with Gasteiger partial charge in [0.15, 0.2) is 0 Å². The first-order chi connectivity index (χ1) is 8.29. The molecule has 0 aliphatic carbocycles. The second-order valence-corrected chi connectivity index (χ2v) is 4.47. The van der Waals surface area contributed by atoms with Gasteiger partial charge in [-0.15, -0.1) is 0 Å². The average Bonchev–Trinajstić information content (AvgIpc) is 2.35. The number of ether oxygens (including phenoxy) is 1. The summed E-state index contributed by atoms with van der Waals surface area (Å²) in [4.78, 5) is 4.24. The molecule has 0 unspecified atom stereocenters. The van der Waals surface area contributed by atoms with E-state index in [0.29, 0.717) is 5.88 Å². The number of pyridine rings is 1. The molecule has 0 fully saturated rings. The second-order valence-electron chi connectivity index (χ2n) is 3.55. The first kappa shape index (κ1) is 12.1. The van der Waals surface area contributed by atoms with E-state index in [1.165, 1.54) is 0 Å². The number of halogens is 1. The van der Waals surface area contributed by atoms with E-state index in [1.54, 1.807) is 6.20 Å². The van der Waals surface area contributed by atoms with Crippen LogP contribution in [0.5, 0.6) is 11.6 Å². The Hall–Kier alpha value is -1.39. The van der Waals surface area contributed by atoms with Crippen molar-refractivity contribution in [2.45, 2.75) is 6.54 Å². The Morgan fingerprint density at radius 3 is 2.71 bits per heavy atom. The van der Waals surface area contributed by atoms with Crippen LogP contribution in [0.4, 0.5) is 0 Å². The predicted molar refractivity (Wildman–Crippen MR) is 71.2 cm³/mol. The van der Waals surface area contributed by atoms with Crippen molar-refractivity contribution in [3.8, 4) is 11.6 Å². The maximum absolute atomic E-state index is 5.75. The van der Waals surface area contributed by atoms with Gasteiger partial charge in [-0.3, -0.25) is 0 Å². The molecule has 1 aromatic carbocycles. The highest BCUT2D eigenvalue weighted by Gasteiger charge is 2.04. The van der Waals surface area contributed by atoms with Gasteiger partial charge in [0, 0.05) is 22.8 Å². The van der Waals surface area contributed by atoms with Crippen LogP contribution < -0.4 is 10.1 Å². The quantitative estimate of drug-likeness (QED) is 0.938. The van der Waals surface area contributed by atoms with Crippen molar-refractivity contribution in [3.63, 3.8) is 0 Å². The van der Waals surface area contributed by atoms with Crippen molar-refractivity contribution in [3.05, 3.63) is 52.6 Å². The maximum atomic E-state index is 5.75. The van der Waals surface area contributed by atoms with Crippen molar-refractivity contribution >= 4 is 15.9 Å². The monoisotopic (exact) mass is 292 g/mol. The minimum Gasteiger partial charge on any atom is -0.439 e. The first-order valence-corrected chi connectivity index (χ1v) is 6.11. The number of nitrogens with one attached hydrogen (secondary N) is 1. The predicted octanol–water partition coefficient (Wildman–Crippen LogP) is 3.36. The molecule has 88 valence electrons. The van der Waals surface area contributed by atoms with Crippen molar-refractivity contribution in [1.82, 2.24) is 10.3 Å². The summed E-state index contributed by atoms with van der Waals surface area (Å²) in [7, 11) is 1.90. The third-order valence-corrected chi connectivity index (χ3v) is 2.77. The fourth-order valence-corrected chi connectivity index (χ4v) is 1.72. The molecule has 1 N–H and O–H groups in total. The molecule has 0 aliphatic heterocycles. The lowest BCUT2D eigenvalue weighted by atomic mass is 10.2. The van der Waals surface area contributed by atoms with Crippen LogP contribution in [0.25, 0.3) is 0 Å². The summed E-state index contributed by atoms with van der Waals surface area (Å²) in [5.41, 5.74) is 1.04. The van der Waals surface area contributed by atoms with Crippen LogP contribution in [-0.4, -0.2) is 12.0 Å². The number of nitrogens with zero attached hydrogens (tertiary/aromatic N) is 1. The Kier molecular flexibility index (Phi) is 4.12. The Labute approximate surface area is 109 Å². The van der Waals surface area contributed by atoms with Gasteiger partial charge in [0.25, 0.3) is 0 Å². The second kappa shape index (κ2) is 5.80. The fraction of sp³-hybridized carbons (Fsp3) is 0.154. The molecule has 1 heterocycles. The van der Waals surface area contributed by atoms with Crippen LogP contribution in [0.1, 0.15) is 5.56 Å². The normalized spacial score (nSPS) is 10.2. The van der Waals surface area contributed by atoms with Gasteiger partial charge in [-0.2, -0.15) is 0 Å². The van der Waals surface area contributed by atoms with Crippen molar-refractivity contribution in [2.75, 3.05) is 7.05 Å². The molecular formula is C13H13BrN2O. The molecule has 17 heavy (non-hydrogen) atoms. The molecule has 1 aromatic heterocycles. The minimum atomic E-state index is 0.643. The van der Waals surface area contributed by atoms with E-state index < -0.39 is 0 Å². The zero-order valence-corrected chi connectivity index (χ0v) is 11.1. The van der Waals surface area contributed by atoms with Gasteiger partial charge in [0.05, 0.1) is 0 Å². The fourth-order valence-electron chi connectivity index (χ4n) is 1.46. The van der Waals surface area contributed by atoms with Gasteiger partial charge in [-0.25, -0.2) is 4.98 Å².